The molecule has 0 aliphatic rings. The van der Waals surface area contributed by atoms with Crippen molar-refractivity contribution >= 4 is 10.9 Å². The van der Waals surface area contributed by atoms with Gasteiger partial charge in [0.05, 0.1) is 0 Å². The highest BCUT2D eigenvalue weighted by atomic mass is 14.9. The average molecular weight is 244 g/mol. The summed E-state index contributed by atoms with van der Waals surface area (Å²) in [5.41, 5.74) is 5.63. The third-order valence-electron chi connectivity index (χ3n) is 3.81. The van der Waals surface area contributed by atoms with Gasteiger partial charge in [-0.2, -0.15) is 0 Å². The second-order valence-electron chi connectivity index (χ2n) is 5.10. The van der Waals surface area contributed by atoms with Crippen LogP contribution in [0.15, 0.2) is 18.2 Å². The minimum absolute atomic E-state index is 1.06. The van der Waals surface area contributed by atoms with E-state index in [0.717, 1.165) is 13.1 Å². The number of hydrogen-bond acceptors (Lipinski definition) is 1. The van der Waals surface area contributed by atoms with E-state index in [4.69, 9.17) is 0 Å². The van der Waals surface area contributed by atoms with Crippen molar-refractivity contribution in [2.75, 3.05) is 13.1 Å². The van der Waals surface area contributed by atoms with Crippen LogP contribution >= 0.6 is 0 Å². The standard InChI is InChI=1S/C16H24N2/c1-5-17-10-6-7-14-13(3)18(4)16-11-12(2)8-9-15(14)16/h8-9,11,17H,5-7,10H2,1-4H3. The summed E-state index contributed by atoms with van der Waals surface area (Å²) in [5, 5.41) is 4.82. The number of hydrogen-bond donors (Lipinski definition) is 1. The molecule has 2 rings (SSSR count). The summed E-state index contributed by atoms with van der Waals surface area (Å²) in [6.07, 6.45) is 2.38. The van der Waals surface area contributed by atoms with Crippen LogP contribution in [0, 0.1) is 13.8 Å². The fourth-order valence-electron chi connectivity index (χ4n) is 2.63. The van der Waals surface area contributed by atoms with Gasteiger partial charge in [0, 0.05) is 23.6 Å². The molecule has 1 heterocycles. The molecule has 1 N–H and O–H groups in total. The maximum absolute atomic E-state index is 3.40. The van der Waals surface area contributed by atoms with Crippen LogP contribution in [0.25, 0.3) is 10.9 Å². The number of aromatic nitrogens is 1. The van der Waals surface area contributed by atoms with Gasteiger partial charge in [-0.15, -0.1) is 0 Å². The number of benzene rings is 1. The van der Waals surface area contributed by atoms with Gasteiger partial charge in [-0.1, -0.05) is 19.1 Å². The molecule has 0 bridgehead atoms. The van der Waals surface area contributed by atoms with Crippen LogP contribution < -0.4 is 5.32 Å². The van der Waals surface area contributed by atoms with Crippen molar-refractivity contribution in [3.05, 3.63) is 35.0 Å². The summed E-state index contributed by atoms with van der Waals surface area (Å²) in [7, 11) is 2.17. The molecule has 0 spiro atoms. The number of aryl methyl sites for hydroxylation is 3. The Morgan fingerprint density at radius 1 is 1.22 bits per heavy atom. The molecule has 1 aromatic carbocycles. The molecule has 0 aliphatic carbocycles. The Labute approximate surface area is 110 Å². The topological polar surface area (TPSA) is 17.0 Å². The number of rotatable bonds is 5. The molecule has 0 unspecified atom stereocenters. The smallest absolute Gasteiger partial charge is 0.0485 e. The molecular formula is C16H24N2. The first-order valence-corrected chi connectivity index (χ1v) is 6.90. The third-order valence-corrected chi connectivity index (χ3v) is 3.81. The van der Waals surface area contributed by atoms with Gasteiger partial charge in [-0.3, -0.25) is 0 Å². The lowest BCUT2D eigenvalue weighted by atomic mass is 10.0. The molecule has 2 nitrogen and oxygen atoms in total. The fourth-order valence-corrected chi connectivity index (χ4v) is 2.63. The largest absolute Gasteiger partial charge is 0.348 e. The van der Waals surface area contributed by atoms with E-state index in [1.54, 1.807) is 0 Å². The van der Waals surface area contributed by atoms with E-state index in [9.17, 15) is 0 Å². The van der Waals surface area contributed by atoms with Crippen molar-refractivity contribution < 1.29 is 0 Å². The van der Waals surface area contributed by atoms with E-state index in [-0.39, 0.29) is 0 Å². The Bertz CT molecular complexity index is 538. The summed E-state index contributed by atoms with van der Waals surface area (Å²) in [6, 6.07) is 6.78. The van der Waals surface area contributed by atoms with Gasteiger partial charge in [-0.25, -0.2) is 0 Å². The number of nitrogens with zero attached hydrogens (tertiary/aromatic N) is 1. The summed E-state index contributed by atoms with van der Waals surface area (Å²) in [6.45, 7) is 8.72. The first kappa shape index (κ1) is 13.2. The zero-order valence-electron chi connectivity index (χ0n) is 12.0. The second kappa shape index (κ2) is 5.57. The molecule has 0 amide bonds. The second-order valence-corrected chi connectivity index (χ2v) is 5.10. The predicted molar refractivity (Wildman–Crippen MR) is 79.3 cm³/mol. The molecule has 0 atom stereocenters. The van der Waals surface area contributed by atoms with Crippen molar-refractivity contribution in [1.82, 2.24) is 9.88 Å². The summed E-state index contributed by atoms with van der Waals surface area (Å²) in [5.74, 6) is 0. The number of nitrogens with one attached hydrogen (secondary N) is 1. The molecule has 2 aromatic rings. The van der Waals surface area contributed by atoms with Crippen molar-refractivity contribution in [3.63, 3.8) is 0 Å². The van der Waals surface area contributed by atoms with Gasteiger partial charge >= 0.3 is 0 Å². The predicted octanol–water partition coefficient (Wildman–Crippen LogP) is 3.34. The van der Waals surface area contributed by atoms with Crippen molar-refractivity contribution in [3.8, 4) is 0 Å². The molecule has 98 valence electrons. The van der Waals surface area contributed by atoms with Crippen LogP contribution in [0.5, 0.6) is 0 Å². The molecular weight excluding hydrogens is 220 g/mol. The normalized spacial score (nSPS) is 11.3. The molecule has 1 aromatic heterocycles. The van der Waals surface area contributed by atoms with Gasteiger partial charge in [0.1, 0.15) is 0 Å². The zero-order chi connectivity index (χ0) is 13.1. The fraction of sp³-hybridized carbons (Fsp3) is 0.500. The van der Waals surface area contributed by atoms with E-state index in [1.807, 2.05) is 0 Å². The number of fused-ring (bicyclic) bond motifs is 1. The molecule has 0 aliphatic heterocycles. The van der Waals surface area contributed by atoms with Gasteiger partial charge in [0.2, 0.25) is 0 Å². The van der Waals surface area contributed by atoms with Crippen LogP contribution in [-0.4, -0.2) is 17.7 Å². The van der Waals surface area contributed by atoms with Crippen molar-refractivity contribution in [2.24, 2.45) is 7.05 Å². The first-order chi connectivity index (χ1) is 8.65. The zero-order valence-corrected chi connectivity index (χ0v) is 12.0. The highest BCUT2D eigenvalue weighted by molar-refractivity contribution is 5.86. The lowest BCUT2D eigenvalue weighted by molar-refractivity contribution is 0.671. The third kappa shape index (κ3) is 2.44. The van der Waals surface area contributed by atoms with Crippen molar-refractivity contribution in [2.45, 2.75) is 33.6 Å². The van der Waals surface area contributed by atoms with Crippen molar-refractivity contribution in [1.29, 1.82) is 0 Å². The summed E-state index contributed by atoms with van der Waals surface area (Å²) >= 11 is 0. The highest BCUT2D eigenvalue weighted by Crippen LogP contribution is 2.26. The SMILES string of the molecule is CCNCCCc1c(C)n(C)c2cc(C)ccc12. The first-order valence-electron chi connectivity index (χ1n) is 6.90. The minimum Gasteiger partial charge on any atom is -0.348 e. The Kier molecular flexibility index (Phi) is 4.07. The Morgan fingerprint density at radius 3 is 2.72 bits per heavy atom. The monoisotopic (exact) mass is 244 g/mol. The molecule has 0 fully saturated rings. The maximum Gasteiger partial charge on any atom is 0.0485 e. The summed E-state index contributed by atoms with van der Waals surface area (Å²) < 4.78 is 2.32. The highest BCUT2D eigenvalue weighted by Gasteiger charge is 2.11. The van der Waals surface area contributed by atoms with E-state index >= 15 is 0 Å². The van der Waals surface area contributed by atoms with Gasteiger partial charge in [-0.05, 0) is 57.0 Å². The van der Waals surface area contributed by atoms with E-state index in [0.29, 0.717) is 0 Å². The van der Waals surface area contributed by atoms with Crippen LogP contribution in [-0.2, 0) is 13.5 Å². The van der Waals surface area contributed by atoms with Gasteiger partial charge < -0.3 is 9.88 Å². The van der Waals surface area contributed by atoms with E-state index < -0.39 is 0 Å². The molecule has 0 radical (unpaired) electrons. The van der Waals surface area contributed by atoms with Crippen LogP contribution in [0.4, 0.5) is 0 Å². The van der Waals surface area contributed by atoms with Gasteiger partial charge in [0.25, 0.3) is 0 Å². The molecule has 2 heteroatoms. The van der Waals surface area contributed by atoms with Crippen LogP contribution in [0.3, 0.4) is 0 Å². The lowest BCUT2D eigenvalue weighted by Crippen LogP contribution is -2.14. The van der Waals surface area contributed by atoms with E-state index in [1.165, 1.54) is 40.6 Å². The van der Waals surface area contributed by atoms with Crippen LogP contribution in [0.2, 0.25) is 0 Å². The van der Waals surface area contributed by atoms with Crippen LogP contribution in [0.1, 0.15) is 30.2 Å². The minimum atomic E-state index is 1.06. The lowest BCUT2D eigenvalue weighted by Gasteiger charge is -2.03. The molecule has 0 saturated carbocycles. The Hall–Kier alpha value is -1.28. The van der Waals surface area contributed by atoms with Gasteiger partial charge in [0.15, 0.2) is 0 Å². The summed E-state index contributed by atoms with van der Waals surface area (Å²) in [4.78, 5) is 0. The Morgan fingerprint density at radius 2 is 2.00 bits per heavy atom. The maximum atomic E-state index is 3.40. The molecule has 18 heavy (non-hydrogen) atoms. The molecule has 0 saturated heterocycles. The Balaban J connectivity index is 2.29. The van der Waals surface area contributed by atoms with E-state index in [2.05, 4.69) is 55.9 Å². The quantitative estimate of drug-likeness (QED) is 0.798. The average Bonchev–Trinajstić information content (AvgIpc) is 2.59.